The lowest BCUT2D eigenvalue weighted by atomic mass is 9.98. The Hall–Kier alpha value is -3.35. The summed E-state index contributed by atoms with van der Waals surface area (Å²) < 4.78 is 5.60. The van der Waals surface area contributed by atoms with Gasteiger partial charge in [-0.05, 0) is 47.9 Å². The lowest BCUT2D eigenvalue weighted by Gasteiger charge is -2.22. The summed E-state index contributed by atoms with van der Waals surface area (Å²) >= 11 is 0. The van der Waals surface area contributed by atoms with E-state index in [4.69, 9.17) is 9.84 Å². The molecule has 7 nitrogen and oxygen atoms in total. The molecule has 0 aliphatic heterocycles. The van der Waals surface area contributed by atoms with E-state index in [0.717, 1.165) is 35.1 Å². The van der Waals surface area contributed by atoms with Gasteiger partial charge in [-0.2, -0.15) is 0 Å². The van der Waals surface area contributed by atoms with Crippen molar-refractivity contribution in [2.45, 2.75) is 57.0 Å². The third-order valence-electron chi connectivity index (χ3n) is 6.40. The number of amides is 2. The Balaban J connectivity index is 1.36. The zero-order valence-electron chi connectivity index (χ0n) is 18.8. The lowest BCUT2D eigenvalue weighted by Crippen LogP contribution is -2.49. The quantitative estimate of drug-likeness (QED) is 0.506. The minimum absolute atomic E-state index is 0.0193. The second kappa shape index (κ2) is 10.1. The van der Waals surface area contributed by atoms with Gasteiger partial charge in [-0.1, -0.05) is 61.4 Å². The van der Waals surface area contributed by atoms with E-state index in [9.17, 15) is 14.4 Å². The first kappa shape index (κ1) is 22.8. The zero-order valence-corrected chi connectivity index (χ0v) is 18.8. The highest BCUT2D eigenvalue weighted by molar-refractivity contribution is 5.86. The maximum Gasteiger partial charge on any atom is 0.407 e. The molecule has 0 saturated heterocycles. The predicted octanol–water partition coefficient (Wildman–Crippen LogP) is 4.06. The number of carboxylic acids is 1. The number of benzene rings is 2. The zero-order chi connectivity index (χ0) is 23.4. The standard InChI is InChI=1S/C26H30N2O5/c1-16(10-13-24(29)30)27-25(31)23(14-17-11-12-17)28-26(32)33-15-22-20-8-4-2-6-18(20)19-7-3-5-9-21(19)22/h2-9,16-17,22-23H,10-15H2,1H3,(H,27,31)(H,28,32)(H,29,30)/t16?,23-/m0/s1. The average molecular weight is 451 g/mol. The van der Waals surface area contributed by atoms with Crippen LogP contribution in [0, 0.1) is 5.92 Å². The minimum Gasteiger partial charge on any atom is -0.481 e. The Morgan fingerprint density at radius 1 is 1.00 bits per heavy atom. The summed E-state index contributed by atoms with van der Waals surface area (Å²) in [6.45, 7) is 1.95. The molecule has 1 fully saturated rings. The number of ether oxygens (including phenoxy) is 1. The Kier molecular flexibility index (Phi) is 6.96. The SMILES string of the molecule is CC(CCC(=O)O)NC(=O)[C@H](CC1CC1)NC(=O)OCC1c2ccccc2-c2ccccc21. The van der Waals surface area contributed by atoms with Crippen LogP contribution in [0.5, 0.6) is 0 Å². The van der Waals surface area contributed by atoms with Gasteiger partial charge >= 0.3 is 12.1 Å². The molecule has 1 saturated carbocycles. The number of hydrogen-bond donors (Lipinski definition) is 3. The van der Waals surface area contributed by atoms with Gasteiger partial charge in [-0.25, -0.2) is 4.79 Å². The van der Waals surface area contributed by atoms with Crippen molar-refractivity contribution in [2.75, 3.05) is 6.61 Å². The van der Waals surface area contributed by atoms with Gasteiger partial charge in [0.25, 0.3) is 0 Å². The van der Waals surface area contributed by atoms with Gasteiger partial charge in [-0.3, -0.25) is 9.59 Å². The van der Waals surface area contributed by atoms with E-state index in [0.29, 0.717) is 18.8 Å². The van der Waals surface area contributed by atoms with Crippen molar-refractivity contribution in [3.8, 4) is 11.1 Å². The molecule has 0 bridgehead atoms. The normalized spacial score (nSPS) is 16.3. The average Bonchev–Trinajstić information content (AvgIpc) is 3.56. The summed E-state index contributed by atoms with van der Waals surface area (Å²) in [4.78, 5) is 36.2. The fourth-order valence-electron chi connectivity index (χ4n) is 4.46. The minimum atomic E-state index is -0.901. The van der Waals surface area contributed by atoms with E-state index in [-0.39, 0.29) is 30.9 Å². The Morgan fingerprint density at radius 2 is 1.61 bits per heavy atom. The van der Waals surface area contributed by atoms with E-state index in [1.54, 1.807) is 6.92 Å². The van der Waals surface area contributed by atoms with E-state index >= 15 is 0 Å². The highest BCUT2D eigenvalue weighted by atomic mass is 16.5. The first-order valence-corrected chi connectivity index (χ1v) is 11.6. The highest BCUT2D eigenvalue weighted by Crippen LogP contribution is 2.44. The number of alkyl carbamates (subject to hydrolysis) is 1. The third-order valence-corrected chi connectivity index (χ3v) is 6.40. The topological polar surface area (TPSA) is 105 Å². The Bertz CT molecular complexity index is 987. The van der Waals surface area contributed by atoms with E-state index in [2.05, 4.69) is 34.9 Å². The molecule has 2 aromatic rings. The Labute approximate surface area is 193 Å². The first-order valence-electron chi connectivity index (χ1n) is 11.6. The summed E-state index contributed by atoms with van der Waals surface area (Å²) in [7, 11) is 0. The summed E-state index contributed by atoms with van der Waals surface area (Å²) in [6.07, 6.45) is 2.35. The van der Waals surface area contributed by atoms with Crippen molar-refractivity contribution in [2.24, 2.45) is 5.92 Å². The molecule has 1 unspecified atom stereocenters. The third kappa shape index (κ3) is 5.72. The molecule has 4 rings (SSSR count). The number of carboxylic acid groups (broad SMARTS) is 1. The molecule has 0 radical (unpaired) electrons. The summed E-state index contributed by atoms with van der Waals surface area (Å²) in [5.41, 5.74) is 4.57. The van der Waals surface area contributed by atoms with Gasteiger partial charge in [0.1, 0.15) is 12.6 Å². The van der Waals surface area contributed by atoms with Gasteiger partial charge in [0.05, 0.1) is 0 Å². The van der Waals surface area contributed by atoms with Crippen LogP contribution in [0.3, 0.4) is 0 Å². The van der Waals surface area contributed by atoms with Crippen LogP contribution in [-0.2, 0) is 14.3 Å². The van der Waals surface area contributed by atoms with Crippen molar-refractivity contribution < 1.29 is 24.2 Å². The monoisotopic (exact) mass is 450 g/mol. The van der Waals surface area contributed by atoms with Crippen LogP contribution in [0.4, 0.5) is 4.79 Å². The van der Waals surface area contributed by atoms with Crippen molar-refractivity contribution in [3.05, 3.63) is 59.7 Å². The molecule has 0 heterocycles. The molecule has 33 heavy (non-hydrogen) atoms. The molecule has 2 amide bonds. The second-order valence-electron chi connectivity index (χ2n) is 9.04. The molecular weight excluding hydrogens is 420 g/mol. The number of fused-ring (bicyclic) bond motifs is 3. The van der Waals surface area contributed by atoms with Gasteiger partial charge < -0.3 is 20.5 Å². The molecule has 3 N–H and O–H groups in total. The van der Waals surface area contributed by atoms with Crippen molar-refractivity contribution in [3.63, 3.8) is 0 Å². The van der Waals surface area contributed by atoms with Gasteiger partial charge in [0.15, 0.2) is 0 Å². The number of carbonyl (C=O) groups is 3. The number of hydrogen-bond acceptors (Lipinski definition) is 4. The molecule has 7 heteroatoms. The van der Waals surface area contributed by atoms with Crippen LogP contribution >= 0.6 is 0 Å². The van der Waals surface area contributed by atoms with Crippen molar-refractivity contribution in [1.29, 1.82) is 0 Å². The maximum absolute atomic E-state index is 12.8. The summed E-state index contributed by atoms with van der Waals surface area (Å²) in [6, 6.07) is 15.3. The number of carbonyl (C=O) groups excluding carboxylic acids is 2. The fourth-order valence-corrected chi connectivity index (χ4v) is 4.46. The second-order valence-corrected chi connectivity index (χ2v) is 9.04. The maximum atomic E-state index is 12.8. The molecule has 2 atom stereocenters. The fraction of sp³-hybridized carbons (Fsp3) is 0.423. The van der Waals surface area contributed by atoms with Gasteiger partial charge in [0, 0.05) is 18.4 Å². The largest absolute Gasteiger partial charge is 0.481 e. The molecule has 2 aromatic carbocycles. The Morgan fingerprint density at radius 3 is 2.18 bits per heavy atom. The van der Waals surface area contributed by atoms with E-state index < -0.39 is 18.1 Å². The summed E-state index contributed by atoms with van der Waals surface area (Å²) in [5.74, 6) is -0.824. The molecule has 174 valence electrons. The number of rotatable bonds is 10. The number of aliphatic carboxylic acids is 1. The predicted molar refractivity (Wildman–Crippen MR) is 124 cm³/mol. The van der Waals surface area contributed by atoms with Crippen LogP contribution in [-0.4, -0.2) is 41.8 Å². The highest BCUT2D eigenvalue weighted by Gasteiger charge is 2.32. The smallest absolute Gasteiger partial charge is 0.407 e. The van der Waals surface area contributed by atoms with Gasteiger partial charge in [-0.15, -0.1) is 0 Å². The van der Waals surface area contributed by atoms with Crippen LogP contribution < -0.4 is 10.6 Å². The first-order chi connectivity index (χ1) is 15.9. The molecule has 0 spiro atoms. The van der Waals surface area contributed by atoms with Crippen LogP contribution in [0.2, 0.25) is 0 Å². The van der Waals surface area contributed by atoms with E-state index in [1.807, 2.05) is 24.3 Å². The van der Waals surface area contributed by atoms with E-state index in [1.165, 1.54) is 0 Å². The van der Waals surface area contributed by atoms with Crippen LogP contribution in [0.1, 0.15) is 56.1 Å². The van der Waals surface area contributed by atoms with Crippen LogP contribution in [0.15, 0.2) is 48.5 Å². The van der Waals surface area contributed by atoms with Crippen molar-refractivity contribution >= 4 is 18.0 Å². The molecular formula is C26H30N2O5. The molecule has 2 aliphatic rings. The van der Waals surface area contributed by atoms with Gasteiger partial charge in [0.2, 0.25) is 5.91 Å². The van der Waals surface area contributed by atoms with Crippen LogP contribution in [0.25, 0.3) is 11.1 Å². The lowest BCUT2D eigenvalue weighted by molar-refractivity contribution is -0.137. The number of nitrogens with one attached hydrogen (secondary N) is 2. The molecule has 2 aliphatic carbocycles. The molecule has 0 aromatic heterocycles. The van der Waals surface area contributed by atoms with Crippen molar-refractivity contribution in [1.82, 2.24) is 10.6 Å². The summed E-state index contributed by atoms with van der Waals surface area (Å²) in [5, 5.41) is 14.4.